The van der Waals surface area contributed by atoms with E-state index in [1.807, 2.05) is 0 Å². The second kappa shape index (κ2) is 7.37. The Labute approximate surface area is 142 Å². The molecule has 0 aliphatic rings. The summed E-state index contributed by atoms with van der Waals surface area (Å²) in [6, 6.07) is 0.909. The van der Waals surface area contributed by atoms with Crippen molar-refractivity contribution in [2.24, 2.45) is 5.73 Å². The molecule has 5 N–H and O–H groups in total. The van der Waals surface area contributed by atoms with E-state index in [0.717, 1.165) is 0 Å². The van der Waals surface area contributed by atoms with Crippen LogP contribution in [0.15, 0.2) is 24.4 Å². The molecular formula is C15H18F4N3O2P. The molecule has 0 atom stereocenters. The Bertz CT molecular complexity index is 753. The lowest BCUT2D eigenvalue weighted by molar-refractivity contribution is -0.00172. The molecule has 10 heteroatoms. The number of alkyl halides is 4. The van der Waals surface area contributed by atoms with E-state index < -0.39 is 32.1 Å². The number of hydrogen-bond donors (Lipinski definition) is 4. The summed E-state index contributed by atoms with van der Waals surface area (Å²) in [7, 11) is -3.47. The number of aryl methyl sites for hydroxylation is 1. The number of anilines is 1. The summed E-state index contributed by atoms with van der Waals surface area (Å²) in [6.07, 6.45) is 1.09. The zero-order chi connectivity index (χ0) is 18.8. The van der Waals surface area contributed by atoms with Gasteiger partial charge < -0.3 is 15.1 Å². The van der Waals surface area contributed by atoms with E-state index in [2.05, 4.69) is 16.0 Å². The van der Waals surface area contributed by atoms with E-state index in [0.29, 0.717) is 16.6 Å². The van der Waals surface area contributed by atoms with Crippen molar-refractivity contribution in [1.29, 1.82) is 0 Å². The van der Waals surface area contributed by atoms with Crippen LogP contribution < -0.4 is 11.1 Å². The molecule has 138 valence electrons. The molecule has 0 amide bonds. The Morgan fingerprint density at radius 1 is 1.16 bits per heavy atom. The first-order valence-corrected chi connectivity index (χ1v) is 8.63. The molecular weight excluding hydrogens is 361 g/mol. The third-order valence-electron chi connectivity index (χ3n) is 3.63. The van der Waals surface area contributed by atoms with Crippen LogP contribution in [0.3, 0.4) is 0 Å². The van der Waals surface area contributed by atoms with Crippen LogP contribution in [0.25, 0.3) is 10.8 Å². The second-order valence-electron chi connectivity index (χ2n) is 5.71. The molecule has 0 fully saturated rings. The SMILES string of the molecule is Cc1cc2cnc(NCCCC(N)(F)F)cc2cc1C(F)(F)P(O)O. The highest BCUT2D eigenvalue weighted by Gasteiger charge is 2.42. The van der Waals surface area contributed by atoms with Gasteiger partial charge in [-0.1, -0.05) is 0 Å². The number of nitrogens with zero attached hydrogens (tertiary/aromatic N) is 1. The van der Waals surface area contributed by atoms with E-state index in [4.69, 9.17) is 9.79 Å². The molecule has 2 aromatic rings. The Balaban J connectivity index is 2.22. The molecule has 2 rings (SSSR count). The number of hydrogen-bond acceptors (Lipinski definition) is 5. The minimum absolute atomic E-state index is 0.111. The Morgan fingerprint density at radius 2 is 1.84 bits per heavy atom. The molecule has 5 nitrogen and oxygen atoms in total. The van der Waals surface area contributed by atoms with Gasteiger partial charge in [0.05, 0.1) is 0 Å². The number of nitrogens with one attached hydrogen (secondary N) is 1. The van der Waals surface area contributed by atoms with E-state index in [9.17, 15) is 17.6 Å². The number of nitrogens with two attached hydrogens (primary N) is 1. The van der Waals surface area contributed by atoms with Crippen molar-refractivity contribution in [1.82, 2.24) is 4.98 Å². The summed E-state index contributed by atoms with van der Waals surface area (Å²) in [5.41, 5.74) is 0.579. The zero-order valence-electron chi connectivity index (χ0n) is 13.3. The average molecular weight is 379 g/mol. The molecule has 1 aromatic heterocycles. The first-order chi connectivity index (χ1) is 11.5. The number of halogens is 4. The fraction of sp³-hybridized carbons (Fsp3) is 0.400. The summed E-state index contributed by atoms with van der Waals surface area (Å²) in [5, 5.41) is 3.83. The molecule has 0 saturated carbocycles. The highest BCUT2D eigenvalue weighted by atomic mass is 31.2. The van der Waals surface area contributed by atoms with Crippen molar-refractivity contribution in [3.05, 3.63) is 35.5 Å². The highest BCUT2D eigenvalue weighted by molar-refractivity contribution is 7.46. The quantitative estimate of drug-likeness (QED) is 0.255. The minimum Gasteiger partial charge on any atom is -0.370 e. The van der Waals surface area contributed by atoms with Crippen molar-refractivity contribution < 1.29 is 27.3 Å². The first kappa shape index (κ1) is 19.8. The number of benzene rings is 1. The maximum absolute atomic E-state index is 13.9. The fourth-order valence-corrected chi connectivity index (χ4v) is 2.83. The summed E-state index contributed by atoms with van der Waals surface area (Å²) < 4.78 is 53.0. The highest BCUT2D eigenvalue weighted by Crippen LogP contribution is 2.53. The van der Waals surface area contributed by atoms with Gasteiger partial charge in [-0.3, -0.25) is 5.73 Å². The predicted octanol–water partition coefficient (Wildman–Crippen LogP) is 3.63. The lowest BCUT2D eigenvalue weighted by atomic mass is 10.0. The normalized spacial score (nSPS) is 12.8. The number of pyridine rings is 1. The minimum atomic E-state index is -3.75. The molecule has 0 bridgehead atoms. The average Bonchev–Trinajstić information content (AvgIpc) is 2.49. The van der Waals surface area contributed by atoms with Crippen LogP contribution in [0.2, 0.25) is 0 Å². The molecule has 25 heavy (non-hydrogen) atoms. The van der Waals surface area contributed by atoms with Gasteiger partial charge in [-0.2, -0.15) is 17.6 Å². The van der Waals surface area contributed by atoms with Gasteiger partial charge in [-0.05, 0) is 42.5 Å². The largest absolute Gasteiger partial charge is 0.370 e. The third kappa shape index (κ3) is 4.98. The predicted molar refractivity (Wildman–Crippen MR) is 88.6 cm³/mol. The summed E-state index contributed by atoms with van der Waals surface area (Å²) >= 11 is 0. The van der Waals surface area contributed by atoms with Crippen LogP contribution in [0.1, 0.15) is 24.0 Å². The van der Waals surface area contributed by atoms with E-state index >= 15 is 0 Å². The van der Waals surface area contributed by atoms with Gasteiger partial charge in [0.1, 0.15) is 5.82 Å². The maximum Gasteiger partial charge on any atom is 0.339 e. The molecule has 0 aliphatic heterocycles. The number of rotatable bonds is 7. The fourth-order valence-electron chi connectivity index (χ4n) is 2.38. The first-order valence-electron chi connectivity index (χ1n) is 7.38. The van der Waals surface area contributed by atoms with Crippen LogP contribution in [-0.4, -0.2) is 27.4 Å². The van der Waals surface area contributed by atoms with Gasteiger partial charge >= 0.3 is 5.66 Å². The van der Waals surface area contributed by atoms with Gasteiger partial charge in [-0.15, -0.1) is 0 Å². The van der Waals surface area contributed by atoms with E-state index in [-0.39, 0.29) is 18.5 Å². The van der Waals surface area contributed by atoms with Gasteiger partial charge in [0.25, 0.3) is 6.05 Å². The Kier molecular flexibility index (Phi) is 5.83. The Morgan fingerprint density at radius 3 is 2.44 bits per heavy atom. The number of fused-ring (bicyclic) bond motifs is 1. The molecule has 0 aliphatic carbocycles. The van der Waals surface area contributed by atoms with Crippen molar-refractivity contribution in [3.63, 3.8) is 0 Å². The Hall–Kier alpha value is -1.54. The smallest absolute Gasteiger partial charge is 0.339 e. The molecule has 0 radical (unpaired) electrons. The van der Waals surface area contributed by atoms with Crippen molar-refractivity contribution in [3.8, 4) is 0 Å². The van der Waals surface area contributed by atoms with Crippen molar-refractivity contribution in [2.75, 3.05) is 11.9 Å². The second-order valence-corrected chi connectivity index (χ2v) is 6.85. The van der Waals surface area contributed by atoms with Crippen LogP contribution >= 0.6 is 8.38 Å². The lowest BCUT2D eigenvalue weighted by Gasteiger charge is -2.20. The van der Waals surface area contributed by atoms with Crippen LogP contribution in [0.4, 0.5) is 23.4 Å². The maximum atomic E-state index is 13.9. The lowest BCUT2D eigenvalue weighted by Crippen LogP contribution is -2.28. The topological polar surface area (TPSA) is 91.4 Å². The summed E-state index contributed by atoms with van der Waals surface area (Å²) in [5.74, 6) is 0.334. The molecule has 1 aromatic carbocycles. The molecule has 0 unspecified atom stereocenters. The van der Waals surface area contributed by atoms with Gasteiger partial charge in [0.15, 0.2) is 0 Å². The van der Waals surface area contributed by atoms with Crippen LogP contribution in [0.5, 0.6) is 0 Å². The zero-order valence-corrected chi connectivity index (χ0v) is 14.2. The van der Waals surface area contributed by atoms with E-state index in [1.165, 1.54) is 31.3 Å². The van der Waals surface area contributed by atoms with E-state index in [1.54, 1.807) is 0 Å². The summed E-state index contributed by atoms with van der Waals surface area (Å²) in [6.45, 7) is 1.64. The van der Waals surface area contributed by atoms with Crippen molar-refractivity contribution >= 4 is 25.0 Å². The van der Waals surface area contributed by atoms with Crippen LogP contribution in [-0.2, 0) is 5.66 Å². The van der Waals surface area contributed by atoms with Crippen LogP contribution in [0, 0.1) is 6.92 Å². The van der Waals surface area contributed by atoms with Gasteiger partial charge in [0.2, 0.25) is 8.38 Å². The molecule has 0 spiro atoms. The summed E-state index contributed by atoms with van der Waals surface area (Å²) in [4.78, 5) is 22.0. The van der Waals surface area contributed by atoms with Gasteiger partial charge in [-0.25, -0.2) is 4.98 Å². The third-order valence-corrected chi connectivity index (χ3v) is 4.38. The molecule has 1 heterocycles. The monoisotopic (exact) mass is 379 g/mol. The standard InChI is InChI=1S/C15H18F4N3O2P/c1-9-5-11-8-22-13(21-4-2-3-14(16,17)20)7-10(11)6-12(9)15(18,19)25(23)24/h5-8,23-24H,2-4,20H2,1H3,(H,21,22). The van der Waals surface area contributed by atoms with Crippen molar-refractivity contribution in [2.45, 2.75) is 31.5 Å². The number of aromatic nitrogens is 1. The van der Waals surface area contributed by atoms with Gasteiger partial charge in [0, 0.05) is 30.1 Å². The molecule has 0 saturated heterocycles.